The van der Waals surface area contributed by atoms with Crippen LogP contribution in [0.3, 0.4) is 0 Å². The molecule has 0 saturated heterocycles. The first-order valence-corrected chi connectivity index (χ1v) is 9.60. The van der Waals surface area contributed by atoms with Crippen molar-refractivity contribution in [2.75, 3.05) is 0 Å². The van der Waals surface area contributed by atoms with Crippen molar-refractivity contribution in [1.82, 2.24) is 24.7 Å². The van der Waals surface area contributed by atoms with Gasteiger partial charge in [-0.2, -0.15) is 0 Å². The number of nitrogens with zero attached hydrogens (tertiary/aromatic N) is 4. The van der Waals surface area contributed by atoms with Gasteiger partial charge in [0.05, 0.1) is 21.2 Å². The normalized spacial score (nSPS) is 12.4. The number of benzene rings is 2. The first kappa shape index (κ1) is 17.8. The Morgan fingerprint density at radius 2 is 1.85 bits per heavy atom. The van der Waals surface area contributed by atoms with Crippen LogP contribution in [0.4, 0.5) is 0 Å². The van der Waals surface area contributed by atoms with Crippen molar-refractivity contribution in [3.8, 4) is 11.4 Å². The summed E-state index contributed by atoms with van der Waals surface area (Å²) in [6.45, 7) is 1.97. The number of aromatic amines is 1. The van der Waals surface area contributed by atoms with E-state index in [0.717, 1.165) is 5.56 Å². The molecule has 0 aliphatic carbocycles. The van der Waals surface area contributed by atoms with Gasteiger partial charge in [0.2, 0.25) is 0 Å². The van der Waals surface area contributed by atoms with E-state index >= 15 is 0 Å². The van der Waals surface area contributed by atoms with E-state index in [-0.39, 0.29) is 10.8 Å². The lowest BCUT2D eigenvalue weighted by Gasteiger charge is -2.11. The molecule has 8 heteroatoms. The molecule has 0 bridgehead atoms. The summed E-state index contributed by atoms with van der Waals surface area (Å²) in [5.41, 5.74) is 1.36. The number of hydrogen-bond acceptors (Lipinski definition) is 5. The van der Waals surface area contributed by atoms with Gasteiger partial charge < -0.3 is 9.55 Å². The van der Waals surface area contributed by atoms with E-state index in [0.29, 0.717) is 32.7 Å². The standard InChI is InChI=1S/C19H16ClN5OS/c1-11(16-21-15-10-6-4-8-13(15)18(26)22-16)27-19-24-23-17(25(19)2)12-7-3-5-9-14(12)20/h3-11H,1-2H3,(H,21,22,26)/t11-/m0/s1. The van der Waals surface area contributed by atoms with Crippen LogP contribution in [0.15, 0.2) is 58.5 Å². The Hall–Kier alpha value is -2.64. The number of thioether (sulfide) groups is 1. The molecule has 2 aromatic heterocycles. The van der Waals surface area contributed by atoms with E-state index in [2.05, 4.69) is 20.2 Å². The fraction of sp³-hybridized carbons (Fsp3) is 0.158. The summed E-state index contributed by atoms with van der Waals surface area (Å²) in [5, 5.41) is 10.4. The number of halogens is 1. The van der Waals surface area contributed by atoms with Gasteiger partial charge in [-0.1, -0.05) is 47.6 Å². The van der Waals surface area contributed by atoms with Crippen LogP contribution in [0, 0.1) is 0 Å². The average molecular weight is 398 g/mol. The number of aromatic nitrogens is 5. The molecule has 0 aliphatic heterocycles. The lowest BCUT2D eigenvalue weighted by molar-refractivity contribution is 0.786. The molecule has 0 aliphatic rings. The Bertz CT molecular complexity index is 1190. The van der Waals surface area contributed by atoms with Crippen LogP contribution in [0.1, 0.15) is 18.0 Å². The summed E-state index contributed by atoms with van der Waals surface area (Å²) in [5.74, 6) is 1.29. The minimum absolute atomic E-state index is 0.107. The van der Waals surface area contributed by atoms with Gasteiger partial charge in [0.1, 0.15) is 5.82 Å². The van der Waals surface area contributed by atoms with Crippen molar-refractivity contribution in [3.63, 3.8) is 0 Å². The predicted molar refractivity (Wildman–Crippen MR) is 108 cm³/mol. The molecule has 136 valence electrons. The Morgan fingerprint density at radius 3 is 2.67 bits per heavy atom. The first-order chi connectivity index (χ1) is 13.0. The van der Waals surface area contributed by atoms with E-state index in [1.165, 1.54) is 11.8 Å². The number of hydrogen-bond donors (Lipinski definition) is 1. The zero-order valence-electron chi connectivity index (χ0n) is 14.7. The van der Waals surface area contributed by atoms with Gasteiger partial charge in [0.25, 0.3) is 5.56 Å². The lowest BCUT2D eigenvalue weighted by atomic mass is 10.2. The number of fused-ring (bicyclic) bond motifs is 1. The topological polar surface area (TPSA) is 76.5 Å². The van der Waals surface area contributed by atoms with Gasteiger partial charge in [-0.15, -0.1) is 10.2 Å². The maximum atomic E-state index is 12.3. The molecule has 0 radical (unpaired) electrons. The molecule has 0 unspecified atom stereocenters. The second-order valence-corrected chi connectivity index (χ2v) is 7.79. The van der Waals surface area contributed by atoms with E-state index in [1.807, 2.05) is 61.0 Å². The summed E-state index contributed by atoms with van der Waals surface area (Å²) >= 11 is 7.75. The largest absolute Gasteiger partial charge is 0.309 e. The lowest BCUT2D eigenvalue weighted by Crippen LogP contribution is -2.13. The molecule has 27 heavy (non-hydrogen) atoms. The molecule has 2 aromatic carbocycles. The monoisotopic (exact) mass is 397 g/mol. The molecule has 0 fully saturated rings. The fourth-order valence-electron chi connectivity index (χ4n) is 2.81. The first-order valence-electron chi connectivity index (χ1n) is 8.34. The molecule has 0 spiro atoms. The van der Waals surface area contributed by atoms with Crippen molar-refractivity contribution in [2.45, 2.75) is 17.3 Å². The number of rotatable bonds is 4. The Morgan fingerprint density at radius 1 is 1.11 bits per heavy atom. The third-order valence-electron chi connectivity index (χ3n) is 4.25. The van der Waals surface area contributed by atoms with Crippen LogP contribution in [0.5, 0.6) is 0 Å². The minimum Gasteiger partial charge on any atom is -0.309 e. The molecule has 0 saturated carbocycles. The molecule has 4 rings (SSSR count). The fourth-order valence-corrected chi connectivity index (χ4v) is 3.90. The van der Waals surface area contributed by atoms with Crippen LogP contribution in [-0.2, 0) is 7.05 Å². The Labute approximate surface area is 164 Å². The van der Waals surface area contributed by atoms with Gasteiger partial charge in [-0.25, -0.2) is 4.98 Å². The van der Waals surface area contributed by atoms with Gasteiger partial charge in [-0.05, 0) is 31.2 Å². The molecular formula is C19H16ClN5OS. The highest BCUT2D eigenvalue weighted by Gasteiger charge is 2.18. The summed E-state index contributed by atoms with van der Waals surface area (Å²) in [4.78, 5) is 19.8. The Kier molecular flexibility index (Phi) is 4.72. The SMILES string of the molecule is C[C@H](Sc1nnc(-c2ccccc2Cl)n1C)c1nc2ccccc2c(=O)[nH]1. The van der Waals surface area contributed by atoms with Gasteiger partial charge >= 0.3 is 0 Å². The van der Waals surface area contributed by atoms with Crippen molar-refractivity contribution in [1.29, 1.82) is 0 Å². The smallest absolute Gasteiger partial charge is 0.258 e. The third-order valence-corrected chi connectivity index (χ3v) is 5.72. The van der Waals surface area contributed by atoms with Crippen LogP contribution < -0.4 is 5.56 Å². The number of nitrogens with one attached hydrogen (secondary N) is 1. The van der Waals surface area contributed by atoms with Crippen molar-refractivity contribution >= 4 is 34.3 Å². The Balaban J connectivity index is 1.65. The van der Waals surface area contributed by atoms with Gasteiger partial charge in [-0.3, -0.25) is 4.79 Å². The summed E-state index contributed by atoms with van der Waals surface area (Å²) < 4.78 is 1.89. The molecule has 6 nitrogen and oxygen atoms in total. The quantitative estimate of drug-likeness (QED) is 0.521. The molecule has 4 aromatic rings. The highest BCUT2D eigenvalue weighted by Crippen LogP contribution is 2.34. The number of H-pyrrole nitrogens is 1. The van der Waals surface area contributed by atoms with Crippen molar-refractivity contribution < 1.29 is 0 Å². The summed E-state index contributed by atoms with van der Waals surface area (Å²) in [6.07, 6.45) is 0. The predicted octanol–water partition coefficient (Wildman–Crippen LogP) is 4.23. The van der Waals surface area contributed by atoms with Gasteiger partial charge in [0, 0.05) is 12.6 Å². The maximum absolute atomic E-state index is 12.3. The van der Waals surface area contributed by atoms with E-state index < -0.39 is 0 Å². The van der Waals surface area contributed by atoms with Crippen LogP contribution >= 0.6 is 23.4 Å². The third kappa shape index (κ3) is 3.36. The molecule has 0 amide bonds. The zero-order valence-corrected chi connectivity index (χ0v) is 16.3. The highest BCUT2D eigenvalue weighted by atomic mass is 35.5. The van der Waals surface area contributed by atoms with Crippen LogP contribution in [0.25, 0.3) is 22.3 Å². The van der Waals surface area contributed by atoms with E-state index in [4.69, 9.17) is 11.6 Å². The van der Waals surface area contributed by atoms with Crippen LogP contribution in [0.2, 0.25) is 5.02 Å². The van der Waals surface area contributed by atoms with Crippen molar-refractivity contribution in [2.24, 2.45) is 7.05 Å². The second kappa shape index (κ2) is 7.17. The van der Waals surface area contributed by atoms with Crippen LogP contribution in [-0.4, -0.2) is 24.7 Å². The zero-order chi connectivity index (χ0) is 19.0. The second-order valence-electron chi connectivity index (χ2n) is 6.07. The highest BCUT2D eigenvalue weighted by molar-refractivity contribution is 7.99. The van der Waals surface area contributed by atoms with Crippen molar-refractivity contribution in [3.05, 3.63) is 69.7 Å². The molecular weight excluding hydrogens is 382 g/mol. The minimum atomic E-state index is -0.141. The molecule has 2 heterocycles. The van der Waals surface area contributed by atoms with E-state index in [9.17, 15) is 4.79 Å². The number of para-hydroxylation sites is 1. The summed E-state index contributed by atoms with van der Waals surface area (Å²) in [7, 11) is 1.89. The average Bonchev–Trinajstić information content (AvgIpc) is 3.02. The van der Waals surface area contributed by atoms with E-state index in [1.54, 1.807) is 6.07 Å². The van der Waals surface area contributed by atoms with Gasteiger partial charge in [0.15, 0.2) is 11.0 Å². The summed E-state index contributed by atoms with van der Waals surface area (Å²) in [6, 6.07) is 14.8. The molecule has 1 atom stereocenters. The maximum Gasteiger partial charge on any atom is 0.258 e. The molecule has 1 N–H and O–H groups in total.